The Labute approximate surface area is 163 Å². The Morgan fingerprint density at radius 3 is 2.81 bits per heavy atom. The number of amides is 1. The van der Waals surface area contributed by atoms with Crippen LogP contribution in [0.15, 0.2) is 29.8 Å². The van der Waals surface area contributed by atoms with E-state index in [1.165, 1.54) is 22.6 Å². The topological polar surface area (TPSA) is 75.0 Å². The highest BCUT2D eigenvalue weighted by molar-refractivity contribution is 7.15. The molecule has 0 unspecified atom stereocenters. The third-order valence-corrected chi connectivity index (χ3v) is 5.46. The first-order valence-electron chi connectivity index (χ1n) is 9.34. The largest absolute Gasteiger partial charge is 0.494 e. The second-order valence-electron chi connectivity index (χ2n) is 6.49. The summed E-state index contributed by atoms with van der Waals surface area (Å²) in [6.45, 7) is 2.81. The number of anilines is 1. The fraction of sp³-hybridized carbons (Fsp3) is 0.381. The predicted octanol–water partition coefficient (Wildman–Crippen LogP) is 4.75. The molecule has 0 fully saturated rings. The van der Waals surface area contributed by atoms with Gasteiger partial charge in [-0.25, -0.2) is 4.98 Å². The number of ether oxygens (including phenoxy) is 1. The molecule has 1 aromatic heterocycles. The van der Waals surface area contributed by atoms with Gasteiger partial charge in [-0.05, 0) is 55.9 Å². The van der Waals surface area contributed by atoms with Crippen molar-refractivity contribution in [3.63, 3.8) is 0 Å². The lowest BCUT2D eigenvalue weighted by atomic mass is 10.0. The zero-order valence-electron chi connectivity index (χ0n) is 15.5. The first-order valence-corrected chi connectivity index (χ1v) is 10.2. The van der Waals surface area contributed by atoms with Crippen LogP contribution in [0, 0.1) is 11.3 Å². The third-order valence-electron chi connectivity index (χ3n) is 4.39. The quantitative estimate of drug-likeness (QED) is 0.427. The molecule has 1 heterocycles. The molecule has 6 heteroatoms. The van der Waals surface area contributed by atoms with Crippen molar-refractivity contribution in [2.24, 2.45) is 0 Å². The first kappa shape index (κ1) is 19.1. The molecule has 27 heavy (non-hydrogen) atoms. The van der Waals surface area contributed by atoms with Gasteiger partial charge in [0.1, 0.15) is 17.4 Å². The number of rotatable bonds is 7. The van der Waals surface area contributed by atoms with E-state index in [-0.39, 0.29) is 5.57 Å². The summed E-state index contributed by atoms with van der Waals surface area (Å²) in [6, 6.07) is 9.37. The summed E-state index contributed by atoms with van der Waals surface area (Å²) in [5.74, 6) is 0.365. The fourth-order valence-corrected chi connectivity index (χ4v) is 3.92. The number of nitrogens with one attached hydrogen (secondary N) is 1. The number of fused-ring (bicyclic) bond motifs is 1. The molecule has 1 aromatic carbocycles. The zero-order chi connectivity index (χ0) is 19.1. The van der Waals surface area contributed by atoms with Crippen LogP contribution >= 0.6 is 11.3 Å². The van der Waals surface area contributed by atoms with Crippen LogP contribution in [0.1, 0.15) is 48.7 Å². The Morgan fingerprint density at radius 1 is 1.33 bits per heavy atom. The molecule has 1 aliphatic rings. The van der Waals surface area contributed by atoms with Crippen molar-refractivity contribution in [1.29, 1.82) is 5.26 Å². The van der Waals surface area contributed by atoms with Crippen LogP contribution in [0.5, 0.6) is 5.75 Å². The Hall–Kier alpha value is -2.65. The highest BCUT2D eigenvalue weighted by Gasteiger charge is 2.17. The number of carbonyl (C=O) groups is 1. The number of nitriles is 1. The molecule has 3 rings (SSSR count). The molecule has 0 atom stereocenters. The second-order valence-corrected chi connectivity index (χ2v) is 7.57. The number of carbonyl (C=O) groups excluding carboxylic acids is 1. The van der Waals surface area contributed by atoms with E-state index < -0.39 is 5.91 Å². The van der Waals surface area contributed by atoms with Gasteiger partial charge >= 0.3 is 0 Å². The van der Waals surface area contributed by atoms with Crippen LogP contribution in [0.2, 0.25) is 0 Å². The second kappa shape index (κ2) is 9.33. The Bertz CT molecular complexity index is 839. The monoisotopic (exact) mass is 381 g/mol. The van der Waals surface area contributed by atoms with E-state index in [4.69, 9.17) is 4.74 Å². The van der Waals surface area contributed by atoms with Gasteiger partial charge in [0.05, 0.1) is 12.3 Å². The van der Waals surface area contributed by atoms with Gasteiger partial charge in [-0.2, -0.15) is 5.26 Å². The Morgan fingerprint density at radius 2 is 2.11 bits per heavy atom. The normalized spacial score (nSPS) is 13.6. The van der Waals surface area contributed by atoms with Gasteiger partial charge in [-0.1, -0.05) is 25.5 Å². The lowest BCUT2D eigenvalue weighted by molar-refractivity contribution is -0.112. The molecular weight excluding hydrogens is 358 g/mol. The van der Waals surface area contributed by atoms with Crippen molar-refractivity contribution in [2.45, 2.75) is 45.4 Å². The van der Waals surface area contributed by atoms with Gasteiger partial charge in [0.25, 0.3) is 5.91 Å². The van der Waals surface area contributed by atoms with Crippen molar-refractivity contribution >= 4 is 28.5 Å². The van der Waals surface area contributed by atoms with Crippen LogP contribution < -0.4 is 10.1 Å². The number of benzene rings is 1. The number of hydrogen-bond acceptors (Lipinski definition) is 5. The van der Waals surface area contributed by atoms with Crippen LogP contribution in [0.4, 0.5) is 5.13 Å². The minimum Gasteiger partial charge on any atom is -0.494 e. The number of aryl methyl sites for hydroxylation is 2. The van der Waals surface area contributed by atoms with Crippen LogP contribution in [0.25, 0.3) is 6.08 Å². The smallest absolute Gasteiger partial charge is 0.268 e. The summed E-state index contributed by atoms with van der Waals surface area (Å²) >= 11 is 1.51. The van der Waals surface area contributed by atoms with Crippen molar-refractivity contribution in [3.8, 4) is 11.8 Å². The molecule has 1 aliphatic carbocycles. The molecule has 0 bridgehead atoms. The minimum absolute atomic E-state index is 0.0582. The van der Waals surface area contributed by atoms with E-state index in [0.29, 0.717) is 11.7 Å². The van der Waals surface area contributed by atoms with Crippen LogP contribution in [-0.2, 0) is 17.6 Å². The van der Waals surface area contributed by atoms with Gasteiger partial charge in [0, 0.05) is 4.88 Å². The van der Waals surface area contributed by atoms with Crippen LogP contribution in [-0.4, -0.2) is 17.5 Å². The van der Waals surface area contributed by atoms with Gasteiger partial charge in [-0.3, -0.25) is 10.1 Å². The molecule has 5 nitrogen and oxygen atoms in total. The lowest BCUT2D eigenvalue weighted by Gasteiger charge is -2.06. The first-order chi connectivity index (χ1) is 13.2. The molecular formula is C21H23N3O2S. The molecule has 140 valence electrons. The lowest BCUT2D eigenvalue weighted by Crippen LogP contribution is -2.13. The molecule has 0 saturated heterocycles. The average Bonchev–Trinajstić information content (AvgIpc) is 3.09. The van der Waals surface area contributed by atoms with Gasteiger partial charge in [0.2, 0.25) is 0 Å². The Kier molecular flexibility index (Phi) is 6.61. The molecule has 1 N–H and O–H groups in total. The molecule has 0 spiro atoms. The van der Waals surface area contributed by atoms with E-state index >= 15 is 0 Å². The van der Waals surface area contributed by atoms with Gasteiger partial charge in [0.15, 0.2) is 5.13 Å². The maximum absolute atomic E-state index is 12.4. The summed E-state index contributed by atoms with van der Waals surface area (Å²) in [4.78, 5) is 18.2. The highest BCUT2D eigenvalue weighted by Crippen LogP contribution is 2.29. The minimum atomic E-state index is -0.424. The number of nitrogens with zero attached hydrogens (tertiary/aromatic N) is 2. The summed E-state index contributed by atoms with van der Waals surface area (Å²) in [5.41, 5.74) is 1.92. The van der Waals surface area contributed by atoms with Crippen molar-refractivity contribution < 1.29 is 9.53 Å². The average molecular weight is 382 g/mol. The predicted molar refractivity (Wildman–Crippen MR) is 108 cm³/mol. The van der Waals surface area contributed by atoms with Crippen molar-refractivity contribution in [1.82, 2.24) is 4.98 Å². The molecule has 2 aromatic rings. The van der Waals surface area contributed by atoms with Crippen LogP contribution in [0.3, 0.4) is 0 Å². The maximum Gasteiger partial charge on any atom is 0.268 e. The van der Waals surface area contributed by atoms with E-state index in [0.717, 1.165) is 49.1 Å². The van der Waals surface area contributed by atoms with E-state index in [9.17, 15) is 10.1 Å². The SMILES string of the molecule is CCCCOc1ccc(/C=C(\C#N)C(=O)Nc2nc3c(s2)CCCC3)cc1. The number of aromatic nitrogens is 1. The summed E-state index contributed by atoms with van der Waals surface area (Å²) in [7, 11) is 0. The molecule has 1 amide bonds. The maximum atomic E-state index is 12.4. The van der Waals surface area contributed by atoms with E-state index in [2.05, 4.69) is 17.2 Å². The highest BCUT2D eigenvalue weighted by atomic mass is 32.1. The van der Waals surface area contributed by atoms with Crippen molar-refractivity contribution in [3.05, 3.63) is 46.0 Å². The fourth-order valence-electron chi connectivity index (χ4n) is 2.88. The zero-order valence-corrected chi connectivity index (χ0v) is 16.3. The summed E-state index contributed by atoms with van der Waals surface area (Å²) < 4.78 is 5.63. The standard InChI is InChI=1S/C21H23N3O2S/c1-2-3-12-26-17-10-8-15(9-11-17)13-16(14-22)20(25)24-21-23-18-6-4-5-7-19(18)27-21/h8-11,13H,2-7,12H2,1H3,(H,23,24,25)/b16-13+. The number of thiazole rings is 1. The van der Waals surface area contributed by atoms with Crippen molar-refractivity contribution in [2.75, 3.05) is 11.9 Å². The van der Waals surface area contributed by atoms with E-state index in [1.807, 2.05) is 30.3 Å². The van der Waals surface area contributed by atoms with E-state index in [1.54, 1.807) is 6.08 Å². The molecule has 0 aliphatic heterocycles. The number of unbranched alkanes of at least 4 members (excludes halogenated alkanes) is 1. The molecule has 0 radical (unpaired) electrons. The molecule has 0 saturated carbocycles. The third kappa shape index (κ3) is 5.18. The Balaban J connectivity index is 1.65. The number of hydrogen-bond donors (Lipinski definition) is 1. The van der Waals surface area contributed by atoms with Gasteiger partial charge < -0.3 is 4.74 Å². The summed E-state index contributed by atoms with van der Waals surface area (Å²) in [5, 5.41) is 12.7. The summed E-state index contributed by atoms with van der Waals surface area (Å²) in [6.07, 6.45) is 7.99. The van der Waals surface area contributed by atoms with Gasteiger partial charge in [-0.15, -0.1) is 11.3 Å².